The van der Waals surface area contributed by atoms with E-state index in [-0.39, 0.29) is 35.9 Å². The molecule has 0 radical (unpaired) electrons. The van der Waals surface area contributed by atoms with Crippen LogP contribution in [0.1, 0.15) is 78.1 Å². The van der Waals surface area contributed by atoms with E-state index in [1.165, 1.54) is 61.8 Å². The maximum atomic E-state index is 16.7. The molecule has 0 aliphatic heterocycles. The molecule has 214 valence electrons. The average molecular weight is 538 g/mol. The lowest BCUT2D eigenvalue weighted by Crippen LogP contribution is -2.68. The number of aliphatic hydroxyl groups is 2. The molecule has 38 heavy (non-hydrogen) atoms. The molecule has 6 nitrogen and oxygen atoms in total. The number of fused-ring (bicyclic) bond motifs is 5. The van der Waals surface area contributed by atoms with E-state index in [9.17, 15) is 19.8 Å². The largest absolute Gasteiger partial charge is 0.390 e. The second-order valence-electron chi connectivity index (χ2n) is 12.9. The van der Waals surface area contributed by atoms with Crippen LogP contribution in [0.3, 0.4) is 0 Å². The number of carbonyl (C=O) groups is 2. The van der Waals surface area contributed by atoms with Crippen LogP contribution in [0.25, 0.3) is 0 Å². The number of aliphatic hydroxyl groups excluding tert-OH is 2. The number of hydroxylamine groups is 2. The van der Waals surface area contributed by atoms with Gasteiger partial charge >= 0.3 is 0 Å². The minimum absolute atomic E-state index is 0.0860. The van der Waals surface area contributed by atoms with Crippen molar-refractivity contribution in [3.05, 3.63) is 23.8 Å². The number of hydrogen-bond donors (Lipinski definition) is 3. The maximum absolute atomic E-state index is 16.7. The van der Waals surface area contributed by atoms with E-state index in [2.05, 4.69) is 0 Å². The minimum Gasteiger partial charge on any atom is -0.390 e. The van der Waals surface area contributed by atoms with Crippen LogP contribution >= 0.6 is 0 Å². The maximum Gasteiger partial charge on any atom is 0.178 e. The molecule has 8 atom stereocenters. The van der Waals surface area contributed by atoms with Crippen molar-refractivity contribution in [2.24, 2.45) is 34.5 Å². The molecule has 0 aromatic rings. The first kappa shape index (κ1) is 29.5. The third-order valence-corrected chi connectivity index (χ3v) is 10.8. The van der Waals surface area contributed by atoms with Crippen molar-refractivity contribution in [2.75, 3.05) is 20.2 Å². The third kappa shape index (κ3) is 4.95. The summed E-state index contributed by atoms with van der Waals surface area (Å²) in [7, 11) is 1.73. The van der Waals surface area contributed by atoms with Crippen LogP contribution in [0.5, 0.6) is 0 Å². The molecule has 0 amide bonds. The van der Waals surface area contributed by atoms with Gasteiger partial charge in [0.2, 0.25) is 0 Å². The van der Waals surface area contributed by atoms with Gasteiger partial charge in [-0.1, -0.05) is 45.1 Å². The summed E-state index contributed by atoms with van der Waals surface area (Å²) >= 11 is 0. The predicted octanol–water partition coefficient (Wildman–Crippen LogP) is 4.76. The van der Waals surface area contributed by atoms with E-state index < -0.39 is 47.2 Å². The number of ketones is 2. The Kier molecular flexibility index (Phi) is 8.68. The number of rotatable bonds is 5. The molecule has 4 saturated carbocycles. The van der Waals surface area contributed by atoms with Gasteiger partial charge in [0, 0.05) is 30.8 Å². The molecule has 3 N–H and O–H groups in total. The van der Waals surface area contributed by atoms with Gasteiger partial charge in [-0.05, 0) is 74.0 Å². The van der Waals surface area contributed by atoms with Crippen LogP contribution in [0, 0.1) is 34.5 Å². The summed E-state index contributed by atoms with van der Waals surface area (Å²) in [5, 5.41) is 30.5. The first-order valence-electron chi connectivity index (χ1n) is 14.4. The molecule has 8 heteroatoms. The first-order valence-corrected chi connectivity index (χ1v) is 14.4. The molecule has 0 spiro atoms. The van der Waals surface area contributed by atoms with Crippen LogP contribution in [-0.4, -0.2) is 70.2 Å². The number of hydrogen-bond acceptors (Lipinski definition) is 6. The molecule has 5 rings (SSSR count). The Labute approximate surface area is 225 Å². The summed E-state index contributed by atoms with van der Waals surface area (Å²) < 4.78 is 31.8. The molecule has 0 aromatic heterocycles. The van der Waals surface area contributed by atoms with Crippen LogP contribution in [0.15, 0.2) is 23.8 Å². The average Bonchev–Trinajstić information content (AvgIpc) is 3.22. The molecule has 5 aliphatic rings. The lowest BCUT2D eigenvalue weighted by molar-refractivity contribution is -0.202. The van der Waals surface area contributed by atoms with Gasteiger partial charge in [0.1, 0.15) is 12.8 Å². The highest BCUT2D eigenvalue weighted by molar-refractivity contribution is 6.01. The molecule has 1 unspecified atom stereocenters. The number of halogens is 2. The fourth-order valence-electron chi connectivity index (χ4n) is 8.69. The highest BCUT2D eigenvalue weighted by Crippen LogP contribution is 2.69. The zero-order valence-corrected chi connectivity index (χ0v) is 23.0. The highest BCUT2D eigenvalue weighted by Gasteiger charge is 2.72. The van der Waals surface area contributed by atoms with E-state index in [1.54, 1.807) is 14.0 Å². The van der Waals surface area contributed by atoms with Crippen LogP contribution in [-0.2, 0) is 9.59 Å². The number of allylic oxidation sites excluding steroid dienone is 4. The summed E-state index contributed by atoms with van der Waals surface area (Å²) in [4.78, 5) is 24.0. The van der Waals surface area contributed by atoms with Crippen molar-refractivity contribution in [3.63, 3.8) is 0 Å². The summed E-state index contributed by atoms with van der Waals surface area (Å²) in [5.41, 5.74) is -4.04. The Balaban J connectivity index is 0.000000257. The van der Waals surface area contributed by atoms with E-state index >= 15 is 8.78 Å². The smallest absolute Gasteiger partial charge is 0.178 e. The van der Waals surface area contributed by atoms with Crippen molar-refractivity contribution < 1.29 is 33.8 Å². The van der Waals surface area contributed by atoms with Gasteiger partial charge in [0.15, 0.2) is 17.2 Å². The summed E-state index contributed by atoms with van der Waals surface area (Å²) in [6.45, 7) is 3.70. The SMILES string of the molecule is CN(O)CCC1CCCCC1.C[C@]12C[C@H](O)[C@@]3(F)[C@@H](C[C@H](F)C4=CC(=O)C=C[C@@]43C)C1CC[C@@H]2C(=O)CO. The summed E-state index contributed by atoms with van der Waals surface area (Å²) in [5.74, 6) is -1.22. The van der Waals surface area contributed by atoms with E-state index in [1.807, 2.05) is 6.92 Å². The second kappa shape index (κ2) is 11.2. The van der Waals surface area contributed by atoms with E-state index in [0.717, 1.165) is 12.5 Å². The number of alkyl halides is 2. The Morgan fingerprint density at radius 1 is 1.13 bits per heavy atom. The molecule has 0 heterocycles. The normalized spacial score (nSPS) is 42.5. The molecular weight excluding hydrogens is 492 g/mol. The number of carbonyl (C=O) groups excluding carboxylic acids is 2. The molecular formula is C30H45F2NO5. The molecule has 5 aliphatic carbocycles. The van der Waals surface area contributed by atoms with Crippen molar-refractivity contribution in [1.29, 1.82) is 0 Å². The van der Waals surface area contributed by atoms with E-state index in [4.69, 9.17) is 5.21 Å². The van der Waals surface area contributed by atoms with Gasteiger partial charge in [-0.25, -0.2) is 8.78 Å². The Morgan fingerprint density at radius 2 is 1.82 bits per heavy atom. The topological polar surface area (TPSA) is 98.1 Å². The van der Waals surface area contributed by atoms with Gasteiger partial charge in [-0.2, -0.15) is 5.06 Å². The van der Waals surface area contributed by atoms with Gasteiger partial charge < -0.3 is 15.4 Å². The number of Topliss-reactive ketones (excluding diaryl/α,β-unsaturated/α-hetero) is 1. The first-order chi connectivity index (χ1) is 17.9. The lowest BCUT2D eigenvalue weighted by Gasteiger charge is -2.62. The molecule has 4 fully saturated rings. The highest BCUT2D eigenvalue weighted by atomic mass is 19.1. The fraction of sp³-hybridized carbons (Fsp3) is 0.800. The van der Waals surface area contributed by atoms with Gasteiger partial charge in [0.05, 0.1) is 6.10 Å². The zero-order chi connectivity index (χ0) is 27.9. The lowest BCUT2D eigenvalue weighted by atomic mass is 9.45. The monoisotopic (exact) mass is 537 g/mol. The Morgan fingerprint density at radius 3 is 2.45 bits per heavy atom. The van der Waals surface area contributed by atoms with Crippen molar-refractivity contribution in [1.82, 2.24) is 5.06 Å². The standard InChI is InChI=1S/C21H26F2O4.C9H19NO/c1-19-9-18(27)21(23)14(12(19)3-4-13(19)17(26)10-24)8-16(22)15-7-11(25)5-6-20(15,21)2;1-10(11)8-7-9-5-3-2-4-6-9/h5-7,12-14,16,18,24,27H,3-4,8-10H2,1-2H3;9,11H,2-8H2,1H3/t12?,13-,14+,16+,18+,19+,20+,21+;/m1./s1. The van der Waals surface area contributed by atoms with Gasteiger partial charge in [-0.15, -0.1) is 0 Å². The predicted molar refractivity (Wildman–Crippen MR) is 140 cm³/mol. The van der Waals surface area contributed by atoms with Crippen LogP contribution in [0.2, 0.25) is 0 Å². The number of nitrogens with zero attached hydrogens (tertiary/aromatic N) is 1. The zero-order valence-electron chi connectivity index (χ0n) is 23.0. The van der Waals surface area contributed by atoms with Crippen molar-refractivity contribution >= 4 is 11.6 Å². The van der Waals surface area contributed by atoms with Crippen molar-refractivity contribution in [2.45, 2.75) is 96.0 Å². The quantitative estimate of drug-likeness (QED) is 0.438. The van der Waals surface area contributed by atoms with E-state index in [0.29, 0.717) is 12.8 Å². The van der Waals surface area contributed by atoms with Crippen LogP contribution in [0.4, 0.5) is 8.78 Å². The van der Waals surface area contributed by atoms with Gasteiger partial charge in [0.25, 0.3) is 0 Å². The van der Waals surface area contributed by atoms with Crippen LogP contribution < -0.4 is 0 Å². The fourth-order valence-corrected chi connectivity index (χ4v) is 8.69. The second-order valence-corrected chi connectivity index (χ2v) is 12.9. The Bertz CT molecular complexity index is 962. The third-order valence-electron chi connectivity index (χ3n) is 10.8. The van der Waals surface area contributed by atoms with Gasteiger partial charge in [-0.3, -0.25) is 9.59 Å². The summed E-state index contributed by atoms with van der Waals surface area (Å²) in [6, 6.07) is 0. The van der Waals surface area contributed by atoms with Crippen molar-refractivity contribution in [3.8, 4) is 0 Å². The molecule has 0 aromatic carbocycles. The molecule has 0 saturated heterocycles. The minimum atomic E-state index is -2.10. The molecule has 0 bridgehead atoms. The summed E-state index contributed by atoms with van der Waals surface area (Å²) in [6.07, 6.45) is 10.3. The Hall–Kier alpha value is -1.48.